The van der Waals surface area contributed by atoms with E-state index in [1.807, 2.05) is 0 Å². The first-order chi connectivity index (χ1) is 21.6. The van der Waals surface area contributed by atoms with Crippen molar-refractivity contribution in [3.05, 3.63) is 40.4 Å². The van der Waals surface area contributed by atoms with Crippen LogP contribution in [0.25, 0.3) is 0 Å². The molecule has 0 radical (unpaired) electrons. The first kappa shape index (κ1) is 34.5. The molecule has 3 heterocycles. The SMILES string of the molecule is Cc1sc(N)nc1/C(=N/OC(COc1ccc(C(N)=NC2CCNCC2)cc1)C(=O)O)C(=O)N[C@@H]1C(=O)N(OS(=O)(=O)O)C1(C)C. The maximum Gasteiger partial charge on any atom is 0.418 e. The number of aryl methyl sites for hydroxylation is 1. The quantitative estimate of drug-likeness (QED) is 0.0515. The zero-order valence-electron chi connectivity index (χ0n) is 25.0. The molecular weight excluding hydrogens is 648 g/mol. The second kappa shape index (κ2) is 14.0. The fourth-order valence-electron chi connectivity index (χ4n) is 4.61. The predicted octanol–water partition coefficient (Wildman–Crippen LogP) is -0.416. The fourth-order valence-corrected chi connectivity index (χ4v) is 5.76. The van der Waals surface area contributed by atoms with Crippen LogP contribution in [0.4, 0.5) is 5.13 Å². The van der Waals surface area contributed by atoms with Crippen molar-refractivity contribution >= 4 is 56.2 Å². The standard InChI is InChI=1S/C26H34N8O10S2/c1-13-18(31-25(28)45-13)19(22(35)32-20-23(36)34(26(20,2)3)44-46(39,40)41)33-43-17(24(37)38)12-42-16-6-4-14(5-7-16)21(27)30-15-8-10-29-11-9-15/h4-7,15,17,20,29H,8-12H2,1-3H3,(H2,27,30)(H2,28,31)(H,32,35)(H,37,38)(H,39,40,41)/b33-19-/t17?,20-/m1/s1. The highest BCUT2D eigenvalue weighted by molar-refractivity contribution is 7.80. The summed E-state index contributed by atoms with van der Waals surface area (Å²) in [6.45, 7) is 5.55. The lowest BCUT2D eigenvalue weighted by atomic mass is 9.84. The van der Waals surface area contributed by atoms with Gasteiger partial charge in [-0.05, 0) is 71.0 Å². The number of β-lactam (4-membered cyclic amide) rings is 1. The lowest BCUT2D eigenvalue weighted by molar-refractivity contribution is -0.218. The molecule has 1 aromatic carbocycles. The molecule has 250 valence electrons. The van der Waals surface area contributed by atoms with Crippen molar-refractivity contribution < 1.29 is 46.3 Å². The number of amidine groups is 1. The number of hydroxylamine groups is 2. The van der Waals surface area contributed by atoms with Gasteiger partial charge in [0, 0.05) is 10.4 Å². The average molecular weight is 683 g/mol. The van der Waals surface area contributed by atoms with E-state index in [1.54, 1.807) is 31.2 Å². The van der Waals surface area contributed by atoms with Gasteiger partial charge >= 0.3 is 16.4 Å². The van der Waals surface area contributed by atoms with Gasteiger partial charge in [-0.25, -0.2) is 9.78 Å². The summed E-state index contributed by atoms with van der Waals surface area (Å²) in [5.41, 5.74) is 10.6. The van der Waals surface area contributed by atoms with Gasteiger partial charge in [-0.15, -0.1) is 15.6 Å². The number of nitrogens with one attached hydrogen (secondary N) is 2. The van der Waals surface area contributed by atoms with E-state index >= 15 is 0 Å². The molecule has 2 aliphatic rings. The number of oxime groups is 1. The van der Waals surface area contributed by atoms with Gasteiger partial charge in [0.15, 0.2) is 10.8 Å². The molecule has 46 heavy (non-hydrogen) atoms. The lowest BCUT2D eigenvalue weighted by Gasteiger charge is -2.50. The summed E-state index contributed by atoms with van der Waals surface area (Å²) >= 11 is 1.02. The highest BCUT2D eigenvalue weighted by Gasteiger charge is 2.58. The summed E-state index contributed by atoms with van der Waals surface area (Å²) in [6.07, 6.45) is 0.0907. The number of amides is 2. The first-order valence-electron chi connectivity index (χ1n) is 13.9. The molecule has 1 unspecified atom stereocenters. The molecule has 0 spiro atoms. The number of nitrogens with two attached hydrogens (primary N) is 2. The van der Waals surface area contributed by atoms with Crippen molar-refractivity contribution in [2.45, 2.75) is 57.3 Å². The van der Waals surface area contributed by atoms with Crippen LogP contribution in [0.5, 0.6) is 5.75 Å². The number of hydrogen-bond acceptors (Lipinski definition) is 14. The molecule has 2 amide bonds. The van der Waals surface area contributed by atoms with Crippen molar-refractivity contribution in [2.24, 2.45) is 15.9 Å². The molecule has 2 atom stereocenters. The highest BCUT2D eigenvalue weighted by Crippen LogP contribution is 2.33. The topological polar surface area (TPSA) is 270 Å². The number of aromatic nitrogens is 1. The molecule has 0 aliphatic carbocycles. The number of ether oxygens (including phenoxy) is 1. The summed E-state index contributed by atoms with van der Waals surface area (Å²) in [5, 5.41) is 19.6. The van der Waals surface area contributed by atoms with Crippen LogP contribution in [0.2, 0.25) is 0 Å². The number of carboxylic acid groups (broad SMARTS) is 1. The zero-order valence-corrected chi connectivity index (χ0v) is 26.6. The smallest absolute Gasteiger partial charge is 0.418 e. The Morgan fingerprint density at radius 3 is 2.46 bits per heavy atom. The maximum atomic E-state index is 13.3. The monoisotopic (exact) mass is 682 g/mol. The van der Waals surface area contributed by atoms with Gasteiger partial charge in [0.2, 0.25) is 0 Å². The van der Waals surface area contributed by atoms with Gasteiger partial charge < -0.3 is 36.8 Å². The van der Waals surface area contributed by atoms with Crippen LogP contribution in [0.3, 0.4) is 0 Å². The first-order valence-corrected chi connectivity index (χ1v) is 16.0. The molecule has 18 nitrogen and oxygen atoms in total. The molecule has 0 bridgehead atoms. The number of nitrogens with zero attached hydrogens (tertiary/aromatic N) is 4. The van der Waals surface area contributed by atoms with Crippen LogP contribution in [0.1, 0.15) is 42.8 Å². The molecule has 0 saturated carbocycles. The number of carboxylic acids is 1. The number of carbonyl (C=O) groups excluding carboxylic acids is 2. The van der Waals surface area contributed by atoms with E-state index in [-0.39, 0.29) is 16.9 Å². The summed E-state index contributed by atoms with van der Waals surface area (Å²) in [5.74, 6) is -2.78. The largest absolute Gasteiger partial charge is 0.489 e. The molecule has 2 aliphatic heterocycles. The highest BCUT2D eigenvalue weighted by atomic mass is 32.3. The average Bonchev–Trinajstić information content (AvgIpc) is 3.33. The number of hydrogen-bond donors (Lipinski definition) is 6. The number of nitrogen functional groups attached to an aromatic ring is 1. The Labute approximate surface area is 267 Å². The molecule has 2 saturated heterocycles. The minimum absolute atomic E-state index is 0.0417. The Balaban J connectivity index is 1.46. The molecule has 2 fully saturated rings. The maximum absolute atomic E-state index is 13.3. The van der Waals surface area contributed by atoms with E-state index in [9.17, 15) is 27.9 Å². The van der Waals surface area contributed by atoms with Crippen LogP contribution >= 0.6 is 11.3 Å². The fraction of sp³-hybridized carbons (Fsp3) is 0.462. The third-order valence-electron chi connectivity index (χ3n) is 7.10. The minimum Gasteiger partial charge on any atom is -0.489 e. The number of benzene rings is 1. The van der Waals surface area contributed by atoms with E-state index in [1.165, 1.54) is 13.8 Å². The van der Waals surface area contributed by atoms with Gasteiger partial charge in [-0.1, -0.05) is 5.16 Å². The van der Waals surface area contributed by atoms with Crippen molar-refractivity contribution in [1.82, 2.24) is 20.7 Å². The number of piperidine rings is 1. The van der Waals surface area contributed by atoms with E-state index < -0.39 is 58.2 Å². The van der Waals surface area contributed by atoms with E-state index in [2.05, 4.69) is 30.0 Å². The van der Waals surface area contributed by atoms with Crippen molar-refractivity contribution in [1.29, 1.82) is 0 Å². The Morgan fingerprint density at radius 2 is 1.91 bits per heavy atom. The van der Waals surface area contributed by atoms with E-state index in [0.29, 0.717) is 27.1 Å². The third kappa shape index (κ3) is 8.26. The van der Waals surface area contributed by atoms with Crippen molar-refractivity contribution in [2.75, 3.05) is 25.4 Å². The summed E-state index contributed by atoms with van der Waals surface area (Å²) in [4.78, 5) is 52.1. The van der Waals surface area contributed by atoms with Crippen molar-refractivity contribution in [3.8, 4) is 5.75 Å². The molecule has 1 aromatic heterocycles. The normalized spacial score (nSPS) is 19.7. The number of aliphatic imine (C=N–C) groups is 1. The summed E-state index contributed by atoms with van der Waals surface area (Å²) < 4.78 is 41.1. The molecule has 8 N–H and O–H groups in total. The van der Waals surface area contributed by atoms with Gasteiger partial charge in [0.1, 0.15) is 29.9 Å². The minimum atomic E-state index is -5.02. The zero-order chi connectivity index (χ0) is 33.8. The second-order valence-corrected chi connectivity index (χ2v) is 13.1. The van der Waals surface area contributed by atoms with Crippen LogP contribution in [-0.4, -0.2) is 101 Å². The Kier molecular flexibility index (Phi) is 10.5. The summed E-state index contributed by atoms with van der Waals surface area (Å²) in [7, 11) is -5.02. The van der Waals surface area contributed by atoms with Gasteiger partial charge in [-0.3, -0.25) is 19.1 Å². The number of anilines is 1. The third-order valence-corrected chi connectivity index (χ3v) is 8.24. The number of rotatable bonds is 13. The number of carbonyl (C=O) groups is 3. The van der Waals surface area contributed by atoms with Crippen LogP contribution in [0.15, 0.2) is 34.4 Å². The number of aliphatic carboxylic acids is 1. The predicted molar refractivity (Wildman–Crippen MR) is 164 cm³/mol. The number of thiazole rings is 1. The van der Waals surface area contributed by atoms with Gasteiger partial charge in [-0.2, -0.15) is 13.5 Å². The van der Waals surface area contributed by atoms with Crippen LogP contribution in [-0.2, 0) is 33.9 Å². The Hall–Kier alpha value is -4.37. The second-order valence-electron chi connectivity index (χ2n) is 10.9. The van der Waals surface area contributed by atoms with Gasteiger partial charge in [0.05, 0.1) is 11.6 Å². The lowest BCUT2D eigenvalue weighted by Crippen LogP contribution is -2.76. The Morgan fingerprint density at radius 1 is 1.26 bits per heavy atom. The van der Waals surface area contributed by atoms with Crippen LogP contribution in [0, 0.1) is 6.92 Å². The van der Waals surface area contributed by atoms with E-state index in [0.717, 1.165) is 37.3 Å². The van der Waals surface area contributed by atoms with Crippen molar-refractivity contribution in [3.63, 3.8) is 0 Å². The molecular formula is C26H34N8O10S2. The summed E-state index contributed by atoms with van der Waals surface area (Å²) in [6, 6.07) is 5.37. The molecule has 2 aromatic rings. The molecule has 20 heteroatoms. The molecule has 4 rings (SSSR count). The van der Waals surface area contributed by atoms with Gasteiger partial charge in [0.25, 0.3) is 17.9 Å². The van der Waals surface area contributed by atoms with E-state index in [4.69, 9.17) is 25.6 Å². The van der Waals surface area contributed by atoms with Crippen LogP contribution < -0.4 is 26.8 Å². The Bertz CT molecular complexity index is 1640.